The first-order valence-corrected chi connectivity index (χ1v) is 20.4. The van der Waals surface area contributed by atoms with E-state index in [0.29, 0.717) is 0 Å². The Balaban J connectivity index is 0.000000252. The monoisotopic (exact) mass is 888 g/mol. The quantitative estimate of drug-likeness (QED) is 0.155. The van der Waals surface area contributed by atoms with Crippen molar-refractivity contribution in [2.45, 2.75) is 58.8 Å². The molecule has 0 heterocycles. The molecule has 0 radical (unpaired) electrons. The van der Waals surface area contributed by atoms with Crippen molar-refractivity contribution in [3.8, 4) is 22.3 Å². The molecule has 56 heavy (non-hydrogen) atoms. The Morgan fingerprint density at radius 1 is 0.571 bits per heavy atom. The van der Waals surface area contributed by atoms with E-state index in [9.17, 15) is 0 Å². The largest absolute Gasteiger partial charge is 1.00 e. The maximum atomic E-state index is 5.98. The number of fused-ring (bicyclic) bond motifs is 3. The summed E-state index contributed by atoms with van der Waals surface area (Å²) in [6.45, 7) is 13.9. The summed E-state index contributed by atoms with van der Waals surface area (Å²) >= 11 is 13.3. The number of allylic oxidation sites excluding steroid dienone is 4. The number of hydrogen-bond donors (Lipinski definition) is 0. The number of hydrogen-bond acceptors (Lipinski definition) is 0. The average molecular weight is 892 g/mol. The van der Waals surface area contributed by atoms with Crippen LogP contribution in [0.4, 0.5) is 0 Å². The first-order chi connectivity index (χ1) is 25.8. The van der Waals surface area contributed by atoms with E-state index in [1.54, 1.807) is 0 Å². The summed E-state index contributed by atoms with van der Waals surface area (Å²) in [5.74, 6) is 0. The molecule has 0 spiro atoms. The van der Waals surface area contributed by atoms with Crippen molar-refractivity contribution in [2.75, 3.05) is 0 Å². The van der Waals surface area contributed by atoms with Crippen LogP contribution in [0.3, 0.4) is 0 Å². The van der Waals surface area contributed by atoms with Crippen molar-refractivity contribution in [3.63, 3.8) is 0 Å². The minimum absolute atomic E-state index is 0. The minimum atomic E-state index is 0. The summed E-state index contributed by atoms with van der Waals surface area (Å²) in [7, 11) is 0. The van der Waals surface area contributed by atoms with Gasteiger partial charge in [0, 0.05) is 0 Å². The van der Waals surface area contributed by atoms with Crippen LogP contribution in [0.1, 0.15) is 70.2 Å². The smallest absolute Gasteiger partial charge is 0.109 e. The van der Waals surface area contributed by atoms with Crippen molar-refractivity contribution in [3.05, 3.63) is 196 Å². The standard InChI is InChI=1S/C33H33.C13H8Cl2.C5H5.2ClH.Zr/c1-32(2,3)30-20-26-24(18-28(30)22-13-9-7-10-14-22)17-25-19-29(23-15-11-8-12-16-23)31(21-27(25)26)33(4,5)6;14-12-5-1-3-10(8-12)7-11-4-2-6-13(15)9-11;1-2-4-5-3-1;;;/h7-21H,1-6H3;1-6,8-9H;1-3H,4H2;2*1H;/q-1;;-1;;;+2/p-2. The molecular weight excluding hydrogens is 846 g/mol. The van der Waals surface area contributed by atoms with Gasteiger partial charge in [-0.3, -0.25) is 6.08 Å². The van der Waals surface area contributed by atoms with Crippen molar-refractivity contribution >= 4 is 48.0 Å². The molecule has 8 rings (SSSR count). The third kappa shape index (κ3) is 11.2. The van der Waals surface area contributed by atoms with Crippen molar-refractivity contribution in [1.82, 2.24) is 0 Å². The second kappa shape index (κ2) is 19.8. The van der Waals surface area contributed by atoms with Gasteiger partial charge in [-0.25, -0.2) is 12.2 Å². The van der Waals surface area contributed by atoms with E-state index in [4.69, 9.17) is 23.2 Å². The number of benzene rings is 6. The van der Waals surface area contributed by atoms with Gasteiger partial charge in [0.1, 0.15) is 0 Å². The second-order valence-corrected chi connectivity index (χ2v) is 17.8. The zero-order chi connectivity index (χ0) is 38.5. The molecule has 0 aromatic heterocycles. The Morgan fingerprint density at radius 2 is 1.00 bits per heavy atom. The van der Waals surface area contributed by atoms with E-state index in [-0.39, 0.29) is 35.6 Å². The summed E-state index contributed by atoms with van der Waals surface area (Å²) in [5.41, 5.74) is 10.5. The Morgan fingerprint density at radius 3 is 1.32 bits per heavy atom. The zero-order valence-electron chi connectivity index (χ0n) is 32.7. The molecule has 0 saturated carbocycles. The zero-order valence-corrected chi connectivity index (χ0v) is 38.2. The van der Waals surface area contributed by atoms with Crippen LogP contribution in [0.25, 0.3) is 43.8 Å². The first-order valence-electron chi connectivity index (χ1n) is 18.4. The number of halogens is 4. The SMILES string of the molecule is CC(C)(C)c1cc2c(cc1-c1ccccc1)[cH-]c1cc(-c3ccccc3)c(C(C)(C)C)cc12.Clc1cccc([C](=[Zr+2])c2cccc(Cl)c2)c1.[C-]1=CC=CC1.[Cl-].[Cl-]. The molecule has 5 heteroatoms. The van der Waals surface area contributed by atoms with Gasteiger partial charge >= 0.3 is 120 Å². The molecule has 0 aliphatic heterocycles. The maximum absolute atomic E-state index is 5.98. The molecule has 0 atom stereocenters. The Labute approximate surface area is 371 Å². The Kier molecular flexibility index (Phi) is 16.0. The van der Waals surface area contributed by atoms with Gasteiger partial charge in [0.2, 0.25) is 0 Å². The molecular formula is C51H46Cl4Zr-2. The minimum Gasteiger partial charge on any atom is -1.00 e. The summed E-state index contributed by atoms with van der Waals surface area (Å²) < 4.78 is 1.26. The maximum Gasteiger partial charge on any atom is -0.109 e. The number of rotatable bonds is 4. The van der Waals surface area contributed by atoms with Crippen LogP contribution in [0, 0.1) is 6.08 Å². The van der Waals surface area contributed by atoms with E-state index < -0.39 is 0 Å². The third-order valence-corrected chi connectivity index (χ3v) is 11.5. The third-order valence-electron chi connectivity index (χ3n) is 9.58. The predicted octanol–water partition coefficient (Wildman–Crippen LogP) is 9.06. The van der Waals surface area contributed by atoms with Gasteiger partial charge in [-0.2, -0.15) is 6.08 Å². The second-order valence-electron chi connectivity index (χ2n) is 15.7. The molecule has 0 unspecified atom stereocenters. The molecule has 0 fully saturated rings. The summed E-state index contributed by atoms with van der Waals surface area (Å²) in [5, 5.41) is 6.89. The first kappa shape index (κ1) is 45.3. The van der Waals surface area contributed by atoms with Gasteiger partial charge in [-0.05, 0) is 44.2 Å². The molecule has 7 aromatic carbocycles. The topological polar surface area (TPSA) is 0 Å². The van der Waals surface area contributed by atoms with Crippen molar-refractivity contribution < 1.29 is 49.0 Å². The van der Waals surface area contributed by atoms with Crippen molar-refractivity contribution in [2.24, 2.45) is 0 Å². The predicted molar refractivity (Wildman–Crippen MR) is 233 cm³/mol. The molecule has 0 bridgehead atoms. The van der Waals surface area contributed by atoms with E-state index in [0.717, 1.165) is 27.6 Å². The summed E-state index contributed by atoms with van der Waals surface area (Å²) in [6.07, 6.45) is 10.0. The molecule has 1 aliphatic rings. The van der Waals surface area contributed by atoms with Crippen molar-refractivity contribution in [1.29, 1.82) is 0 Å². The molecule has 0 saturated heterocycles. The Bertz CT molecular complexity index is 2290. The van der Waals surface area contributed by atoms with Crippen LogP contribution < -0.4 is 24.8 Å². The van der Waals surface area contributed by atoms with E-state index >= 15 is 0 Å². The summed E-state index contributed by atoms with van der Waals surface area (Å²) in [6, 6.07) is 49.5. The van der Waals surface area contributed by atoms with Crippen LogP contribution in [-0.2, 0) is 35.1 Å². The summed E-state index contributed by atoms with van der Waals surface area (Å²) in [4.78, 5) is 0. The normalized spacial score (nSPS) is 11.9. The van der Waals surface area contributed by atoms with Crippen LogP contribution in [0.5, 0.6) is 0 Å². The van der Waals surface area contributed by atoms with Gasteiger partial charge in [-0.15, -0.1) is 46.2 Å². The van der Waals surface area contributed by atoms with Crippen LogP contribution >= 0.6 is 23.2 Å². The van der Waals surface area contributed by atoms with Gasteiger partial charge in [0.25, 0.3) is 0 Å². The average Bonchev–Trinajstić information content (AvgIpc) is 3.86. The fourth-order valence-electron chi connectivity index (χ4n) is 6.85. The van der Waals surface area contributed by atoms with E-state index in [1.807, 2.05) is 48.6 Å². The van der Waals surface area contributed by atoms with Gasteiger partial charge < -0.3 is 24.8 Å². The Hall–Kier alpha value is -3.42. The van der Waals surface area contributed by atoms with Crippen LogP contribution in [-0.4, -0.2) is 3.21 Å². The van der Waals surface area contributed by atoms with Crippen LogP contribution in [0.2, 0.25) is 10.0 Å². The molecule has 0 N–H and O–H groups in total. The molecule has 0 amide bonds. The molecule has 284 valence electrons. The molecule has 7 aromatic rings. The fourth-order valence-corrected chi connectivity index (χ4v) is 8.00. The van der Waals surface area contributed by atoms with Gasteiger partial charge in [0.05, 0.1) is 0 Å². The fraction of sp³-hybridized carbons (Fsp3) is 0.176. The van der Waals surface area contributed by atoms with Gasteiger partial charge in [0.15, 0.2) is 0 Å². The van der Waals surface area contributed by atoms with Crippen LogP contribution in [0.15, 0.2) is 158 Å². The van der Waals surface area contributed by atoms with E-state index in [2.05, 4.69) is 157 Å². The van der Waals surface area contributed by atoms with E-state index in [1.165, 1.54) is 82.4 Å². The van der Waals surface area contributed by atoms with Gasteiger partial charge in [-0.1, -0.05) is 114 Å². The molecule has 0 nitrogen and oxygen atoms in total. The molecule has 1 aliphatic carbocycles.